The Bertz CT molecular complexity index is 403. The Morgan fingerprint density at radius 1 is 1.32 bits per heavy atom. The molecule has 2 nitrogen and oxygen atoms in total. The molecule has 2 unspecified atom stereocenters. The molecule has 0 saturated carbocycles. The average Bonchev–Trinajstić information content (AvgIpc) is 2.41. The summed E-state index contributed by atoms with van der Waals surface area (Å²) in [4.78, 5) is 0. The summed E-state index contributed by atoms with van der Waals surface area (Å²) in [5.74, 6) is 0. The normalized spacial score (nSPS) is 21.3. The lowest BCUT2D eigenvalue weighted by Crippen LogP contribution is -2.21. The molecule has 0 bridgehead atoms. The molecule has 1 aliphatic heterocycles. The minimum absolute atomic E-state index is 0.323. The van der Waals surface area contributed by atoms with Crippen LogP contribution in [0, 0.1) is 0 Å². The van der Waals surface area contributed by atoms with E-state index in [4.69, 9.17) is 27.9 Å². The van der Waals surface area contributed by atoms with Gasteiger partial charge in [0.25, 0.3) is 0 Å². The van der Waals surface area contributed by atoms with Gasteiger partial charge >= 0.3 is 0 Å². The molecule has 1 aromatic rings. The van der Waals surface area contributed by atoms with Gasteiger partial charge in [-0.2, -0.15) is 0 Å². The number of aliphatic hydroxyl groups is 1. The van der Waals surface area contributed by atoms with Crippen LogP contribution in [0.1, 0.15) is 37.7 Å². The number of rotatable bonds is 5. The second-order valence-corrected chi connectivity index (χ2v) is 6.00. The zero-order chi connectivity index (χ0) is 13.7. The number of aliphatic hydroxyl groups excluding tert-OH is 1. The van der Waals surface area contributed by atoms with E-state index >= 15 is 0 Å². The predicted molar refractivity (Wildman–Crippen MR) is 79.0 cm³/mol. The topological polar surface area (TPSA) is 29.5 Å². The minimum Gasteiger partial charge on any atom is -0.393 e. The summed E-state index contributed by atoms with van der Waals surface area (Å²) in [5, 5.41) is 11.3. The highest BCUT2D eigenvalue weighted by atomic mass is 35.5. The van der Waals surface area contributed by atoms with E-state index in [1.807, 2.05) is 6.07 Å². The van der Waals surface area contributed by atoms with Crippen molar-refractivity contribution in [1.82, 2.24) is 0 Å². The van der Waals surface area contributed by atoms with Gasteiger partial charge < -0.3 is 9.84 Å². The van der Waals surface area contributed by atoms with E-state index in [0.29, 0.717) is 22.6 Å². The Kier molecular flexibility index (Phi) is 5.96. The lowest BCUT2D eigenvalue weighted by molar-refractivity contribution is 0.00234. The smallest absolute Gasteiger partial charge is 0.0582 e. The van der Waals surface area contributed by atoms with Crippen molar-refractivity contribution in [3.63, 3.8) is 0 Å². The molecule has 19 heavy (non-hydrogen) atoms. The SMILES string of the molecule is OC(CCC1CCCCO1)Cc1ccc(Cl)cc1Cl. The maximum Gasteiger partial charge on any atom is 0.0582 e. The average molecular weight is 303 g/mol. The van der Waals surface area contributed by atoms with Crippen LogP contribution in [-0.2, 0) is 11.2 Å². The zero-order valence-corrected chi connectivity index (χ0v) is 12.5. The molecule has 1 N–H and O–H groups in total. The molecule has 1 saturated heterocycles. The van der Waals surface area contributed by atoms with Gasteiger partial charge in [0, 0.05) is 16.7 Å². The highest BCUT2D eigenvalue weighted by molar-refractivity contribution is 6.35. The van der Waals surface area contributed by atoms with Crippen LogP contribution in [0.4, 0.5) is 0 Å². The van der Waals surface area contributed by atoms with Gasteiger partial charge in [0.05, 0.1) is 12.2 Å². The Morgan fingerprint density at radius 3 is 2.84 bits per heavy atom. The van der Waals surface area contributed by atoms with E-state index in [-0.39, 0.29) is 6.10 Å². The van der Waals surface area contributed by atoms with Gasteiger partial charge in [-0.05, 0) is 56.2 Å². The third-order valence-corrected chi connectivity index (χ3v) is 4.15. The fourth-order valence-electron chi connectivity index (χ4n) is 2.46. The Hall–Kier alpha value is -0.280. The number of benzene rings is 1. The molecule has 2 atom stereocenters. The third-order valence-electron chi connectivity index (χ3n) is 3.57. The fourth-order valence-corrected chi connectivity index (χ4v) is 2.94. The molecule has 0 radical (unpaired) electrons. The van der Waals surface area contributed by atoms with Crippen LogP contribution < -0.4 is 0 Å². The molecule has 0 amide bonds. The number of hydrogen-bond acceptors (Lipinski definition) is 2. The van der Waals surface area contributed by atoms with E-state index in [9.17, 15) is 5.11 Å². The summed E-state index contributed by atoms with van der Waals surface area (Å²) in [5.41, 5.74) is 0.947. The van der Waals surface area contributed by atoms with Gasteiger partial charge in [0.2, 0.25) is 0 Å². The van der Waals surface area contributed by atoms with Crippen molar-refractivity contribution in [2.75, 3.05) is 6.61 Å². The first kappa shape index (κ1) is 15.1. The first-order chi connectivity index (χ1) is 9.15. The molecule has 0 aliphatic carbocycles. The Balaban J connectivity index is 1.78. The van der Waals surface area contributed by atoms with Crippen molar-refractivity contribution in [2.24, 2.45) is 0 Å². The lowest BCUT2D eigenvalue weighted by Gasteiger charge is -2.23. The molecule has 1 fully saturated rings. The maximum absolute atomic E-state index is 10.1. The van der Waals surface area contributed by atoms with E-state index in [1.54, 1.807) is 12.1 Å². The number of hydrogen-bond donors (Lipinski definition) is 1. The van der Waals surface area contributed by atoms with E-state index < -0.39 is 0 Å². The molecular formula is C15H20Cl2O2. The van der Waals surface area contributed by atoms with Gasteiger partial charge in [-0.3, -0.25) is 0 Å². The highest BCUT2D eigenvalue weighted by Gasteiger charge is 2.16. The fraction of sp³-hybridized carbons (Fsp3) is 0.600. The molecule has 106 valence electrons. The second-order valence-electron chi connectivity index (χ2n) is 5.16. The standard InChI is InChI=1S/C15H20Cl2O2/c16-12-5-4-11(15(17)10-12)9-13(18)6-7-14-3-1-2-8-19-14/h4-5,10,13-14,18H,1-3,6-9H2. The molecule has 2 rings (SSSR count). The summed E-state index contributed by atoms with van der Waals surface area (Å²) in [7, 11) is 0. The van der Waals surface area contributed by atoms with E-state index in [0.717, 1.165) is 31.4 Å². The molecule has 0 aromatic heterocycles. The second kappa shape index (κ2) is 7.49. The summed E-state index contributed by atoms with van der Waals surface area (Å²) >= 11 is 12.0. The number of ether oxygens (including phenoxy) is 1. The summed E-state index contributed by atoms with van der Waals surface area (Å²) < 4.78 is 5.66. The van der Waals surface area contributed by atoms with Gasteiger partial charge in [0.15, 0.2) is 0 Å². The first-order valence-electron chi connectivity index (χ1n) is 6.89. The van der Waals surface area contributed by atoms with Crippen molar-refractivity contribution in [1.29, 1.82) is 0 Å². The van der Waals surface area contributed by atoms with Gasteiger partial charge in [-0.25, -0.2) is 0 Å². The van der Waals surface area contributed by atoms with E-state index in [1.165, 1.54) is 12.8 Å². The summed E-state index contributed by atoms with van der Waals surface area (Å²) in [6.45, 7) is 0.865. The van der Waals surface area contributed by atoms with Crippen molar-refractivity contribution in [3.8, 4) is 0 Å². The zero-order valence-electron chi connectivity index (χ0n) is 10.9. The quantitative estimate of drug-likeness (QED) is 0.881. The molecule has 1 aromatic carbocycles. The van der Waals surface area contributed by atoms with Crippen LogP contribution in [0.25, 0.3) is 0 Å². The predicted octanol–water partition coefficient (Wildman–Crippen LogP) is 4.25. The van der Waals surface area contributed by atoms with Crippen LogP contribution >= 0.6 is 23.2 Å². The van der Waals surface area contributed by atoms with Gasteiger partial charge in [-0.15, -0.1) is 0 Å². The van der Waals surface area contributed by atoms with Crippen molar-refractivity contribution in [2.45, 2.75) is 50.7 Å². The summed E-state index contributed by atoms with van der Waals surface area (Å²) in [6, 6.07) is 5.40. The Labute approximate surface area is 124 Å². The third kappa shape index (κ3) is 4.96. The van der Waals surface area contributed by atoms with Gasteiger partial charge in [0.1, 0.15) is 0 Å². The minimum atomic E-state index is -0.371. The first-order valence-corrected chi connectivity index (χ1v) is 7.64. The van der Waals surface area contributed by atoms with Crippen molar-refractivity contribution in [3.05, 3.63) is 33.8 Å². The monoisotopic (exact) mass is 302 g/mol. The molecule has 1 aliphatic rings. The number of halogens is 2. The van der Waals surface area contributed by atoms with Crippen molar-refractivity contribution >= 4 is 23.2 Å². The van der Waals surface area contributed by atoms with Crippen molar-refractivity contribution < 1.29 is 9.84 Å². The maximum atomic E-state index is 10.1. The van der Waals surface area contributed by atoms with E-state index in [2.05, 4.69) is 0 Å². The summed E-state index contributed by atoms with van der Waals surface area (Å²) in [6.07, 6.45) is 5.73. The van der Waals surface area contributed by atoms with Crippen LogP contribution in [0.15, 0.2) is 18.2 Å². The van der Waals surface area contributed by atoms with Crippen LogP contribution in [0.2, 0.25) is 10.0 Å². The largest absolute Gasteiger partial charge is 0.393 e. The molecule has 0 spiro atoms. The highest BCUT2D eigenvalue weighted by Crippen LogP contribution is 2.24. The lowest BCUT2D eigenvalue weighted by atomic mass is 9.99. The van der Waals surface area contributed by atoms with Crippen LogP contribution in [-0.4, -0.2) is 23.9 Å². The Morgan fingerprint density at radius 2 is 2.16 bits per heavy atom. The van der Waals surface area contributed by atoms with Gasteiger partial charge in [-0.1, -0.05) is 29.3 Å². The molecular weight excluding hydrogens is 283 g/mol. The molecule has 1 heterocycles. The molecule has 4 heteroatoms. The van der Waals surface area contributed by atoms with Crippen LogP contribution in [0.3, 0.4) is 0 Å². The van der Waals surface area contributed by atoms with Crippen LogP contribution in [0.5, 0.6) is 0 Å².